The Morgan fingerprint density at radius 2 is 1.87 bits per heavy atom. The van der Waals surface area contributed by atoms with Gasteiger partial charge in [-0.05, 0) is 42.0 Å². The van der Waals surface area contributed by atoms with Gasteiger partial charge in [0.05, 0.1) is 18.2 Å². The van der Waals surface area contributed by atoms with Crippen LogP contribution in [-0.4, -0.2) is 17.8 Å². The summed E-state index contributed by atoms with van der Waals surface area (Å²) in [6.45, 7) is 0.232. The van der Waals surface area contributed by atoms with Gasteiger partial charge in [0.2, 0.25) is 12.7 Å². The predicted octanol–water partition coefficient (Wildman–Crippen LogP) is 2.77. The van der Waals surface area contributed by atoms with Gasteiger partial charge in [-0.1, -0.05) is 24.3 Å². The molecule has 4 rings (SSSR count). The summed E-state index contributed by atoms with van der Waals surface area (Å²) in [5, 5.41) is 3.66. The molecule has 1 N–H and O–H groups in total. The normalized spacial score (nSPS) is 19.7. The molecule has 0 radical (unpaired) electrons. The average molecular weight is 326 g/mol. The van der Waals surface area contributed by atoms with E-state index < -0.39 is 0 Å². The number of rotatable bonds is 2. The smallest absolute Gasteiger partial charge is 0.235 e. The Morgan fingerprint density at radius 3 is 2.65 bits per heavy atom. The predicted molar refractivity (Wildman–Crippen MR) is 89.6 cm³/mol. The topological polar surface area (TPSA) is 50.8 Å². The number of nitrogens with one attached hydrogen (secondary N) is 1. The van der Waals surface area contributed by atoms with Gasteiger partial charge in [-0.3, -0.25) is 9.69 Å². The largest absolute Gasteiger partial charge is 0.454 e. The molecule has 0 bridgehead atoms. The highest BCUT2D eigenvalue weighted by molar-refractivity contribution is 7.80. The first-order chi connectivity index (χ1) is 11.2. The lowest BCUT2D eigenvalue weighted by atomic mass is 10.0. The molecule has 1 atom stereocenters. The van der Waals surface area contributed by atoms with Gasteiger partial charge in [0.15, 0.2) is 16.6 Å². The highest BCUT2D eigenvalue weighted by Gasteiger charge is 2.32. The molecule has 1 amide bonds. The van der Waals surface area contributed by atoms with Gasteiger partial charge < -0.3 is 14.8 Å². The van der Waals surface area contributed by atoms with E-state index in [-0.39, 0.29) is 18.7 Å². The number of fused-ring (bicyclic) bond motifs is 1. The highest BCUT2D eigenvalue weighted by Crippen LogP contribution is 2.36. The molecule has 0 aromatic heterocycles. The van der Waals surface area contributed by atoms with Gasteiger partial charge in [0.25, 0.3) is 0 Å². The van der Waals surface area contributed by atoms with Crippen LogP contribution < -0.4 is 19.7 Å². The maximum Gasteiger partial charge on any atom is 0.235 e. The van der Waals surface area contributed by atoms with Gasteiger partial charge >= 0.3 is 0 Å². The fraction of sp³-hybridized carbons (Fsp3) is 0.176. The Balaban J connectivity index is 1.58. The highest BCUT2D eigenvalue weighted by atomic mass is 32.1. The fourth-order valence-electron chi connectivity index (χ4n) is 2.81. The zero-order chi connectivity index (χ0) is 15.8. The van der Waals surface area contributed by atoms with Crippen molar-refractivity contribution < 1.29 is 14.3 Å². The minimum atomic E-state index is -0.163. The Kier molecular flexibility index (Phi) is 3.38. The Hall–Kier alpha value is -2.60. The third kappa shape index (κ3) is 2.51. The van der Waals surface area contributed by atoms with Gasteiger partial charge in [0, 0.05) is 0 Å². The number of hydrogen-bond donors (Lipinski definition) is 1. The maximum atomic E-state index is 12.6. The summed E-state index contributed by atoms with van der Waals surface area (Å²) < 4.78 is 10.7. The lowest BCUT2D eigenvalue weighted by molar-refractivity contribution is -0.118. The van der Waals surface area contributed by atoms with Gasteiger partial charge in [-0.15, -0.1) is 0 Å². The summed E-state index contributed by atoms with van der Waals surface area (Å²) in [6, 6.07) is 14.9. The molecular weight excluding hydrogens is 312 g/mol. The molecule has 0 aliphatic carbocycles. The summed E-state index contributed by atoms with van der Waals surface area (Å²) in [6.07, 6.45) is 0.328. The van der Waals surface area contributed by atoms with E-state index in [2.05, 4.69) is 5.32 Å². The summed E-state index contributed by atoms with van der Waals surface area (Å²) in [5.41, 5.74) is 1.73. The van der Waals surface area contributed by atoms with Crippen molar-refractivity contribution in [2.24, 2.45) is 0 Å². The van der Waals surface area contributed by atoms with Crippen molar-refractivity contribution >= 4 is 28.9 Å². The fourth-order valence-corrected chi connectivity index (χ4v) is 3.16. The van der Waals surface area contributed by atoms with E-state index in [1.165, 1.54) is 0 Å². The Labute approximate surface area is 138 Å². The lowest BCUT2D eigenvalue weighted by Crippen LogP contribution is -2.51. The van der Waals surface area contributed by atoms with E-state index in [0.717, 1.165) is 17.0 Å². The maximum absolute atomic E-state index is 12.6. The van der Waals surface area contributed by atoms with Crippen LogP contribution in [0.4, 0.5) is 5.69 Å². The zero-order valence-electron chi connectivity index (χ0n) is 12.2. The molecule has 5 nitrogen and oxygen atoms in total. The first-order valence-electron chi connectivity index (χ1n) is 7.30. The number of para-hydroxylation sites is 1. The number of thiocarbonyl (C=S) groups is 1. The van der Waals surface area contributed by atoms with Crippen molar-refractivity contribution in [3.63, 3.8) is 0 Å². The van der Waals surface area contributed by atoms with Crippen LogP contribution in [0.5, 0.6) is 11.5 Å². The van der Waals surface area contributed by atoms with Crippen LogP contribution in [0.15, 0.2) is 48.5 Å². The number of ether oxygens (including phenoxy) is 2. The summed E-state index contributed by atoms with van der Waals surface area (Å²) in [7, 11) is 0. The molecule has 2 aromatic rings. The van der Waals surface area contributed by atoms with E-state index in [0.29, 0.717) is 17.3 Å². The van der Waals surface area contributed by atoms with Crippen molar-refractivity contribution in [3.8, 4) is 11.5 Å². The van der Waals surface area contributed by atoms with E-state index in [4.69, 9.17) is 21.7 Å². The number of amides is 1. The molecule has 116 valence electrons. The molecule has 1 unspecified atom stereocenters. The van der Waals surface area contributed by atoms with Crippen LogP contribution in [0.3, 0.4) is 0 Å². The molecular formula is C17H14N2O3S. The summed E-state index contributed by atoms with van der Waals surface area (Å²) in [5.74, 6) is 1.40. The molecule has 0 spiro atoms. The van der Waals surface area contributed by atoms with Crippen molar-refractivity contribution in [1.82, 2.24) is 5.32 Å². The third-order valence-corrected chi connectivity index (χ3v) is 4.24. The van der Waals surface area contributed by atoms with E-state index in [1.54, 1.807) is 4.90 Å². The number of carbonyl (C=O) groups is 1. The average Bonchev–Trinajstić information content (AvgIpc) is 3.02. The van der Waals surface area contributed by atoms with Crippen LogP contribution >= 0.6 is 12.2 Å². The number of benzene rings is 2. The quantitative estimate of drug-likeness (QED) is 0.860. The minimum Gasteiger partial charge on any atom is -0.454 e. The van der Waals surface area contributed by atoms with Crippen molar-refractivity contribution in [1.29, 1.82) is 0 Å². The van der Waals surface area contributed by atoms with Crippen LogP contribution in [0, 0.1) is 0 Å². The number of nitrogens with zero attached hydrogens (tertiary/aromatic N) is 1. The van der Waals surface area contributed by atoms with Crippen molar-refractivity contribution in [3.05, 3.63) is 54.1 Å². The van der Waals surface area contributed by atoms with Crippen LogP contribution in [0.1, 0.15) is 18.0 Å². The molecule has 6 heteroatoms. The Bertz CT molecular complexity index is 761. The second kappa shape index (κ2) is 5.55. The second-order valence-electron chi connectivity index (χ2n) is 5.38. The molecule has 2 heterocycles. The molecule has 23 heavy (non-hydrogen) atoms. The van der Waals surface area contributed by atoms with Gasteiger partial charge in [-0.2, -0.15) is 0 Å². The molecule has 0 saturated carbocycles. The number of carbonyl (C=O) groups excluding carboxylic acids is 1. The summed E-state index contributed by atoms with van der Waals surface area (Å²) >= 11 is 5.40. The first-order valence-corrected chi connectivity index (χ1v) is 7.71. The van der Waals surface area contributed by atoms with Crippen molar-refractivity contribution in [2.45, 2.75) is 12.5 Å². The SMILES string of the molecule is O=C1CC(c2ccc3c(c2)OCO3)NC(=S)N1c1ccccc1. The minimum absolute atomic E-state index is 0.0254. The second-order valence-corrected chi connectivity index (χ2v) is 5.77. The van der Waals surface area contributed by atoms with Crippen LogP contribution in [0.25, 0.3) is 0 Å². The van der Waals surface area contributed by atoms with Crippen LogP contribution in [-0.2, 0) is 4.79 Å². The number of hydrogen-bond acceptors (Lipinski definition) is 4. The first kappa shape index (κ1) is 14.0. The van der Waals surface area contributed by atoms with Gasteiger partial charge in [0.1, 0.15) is 0 Å². The summed E-state index contributed by atoms with van der Waals surface area (Å²) in [4.78, 5) is 14.1. The van der Waals surface area contributed by atoms with Crippen molar-refractivity contribution in [2.75, 3.05) is 11.7 Å². The van der Waals surface area contributed by atoms with E-state index in [9.17, 15) is 4.79 Å². The van der Waals surface area contributed by atoms with Crippen LogP contribution in [0.2, 0.25) is 0 Å². The third-order valence-electron chi connectivity index (χ3n) is 3.94. The van der Waals surface area contributed by atoms with E-state index in [1.807, 2.05) is 48.5 Å². The molecule has 2 aliphatic heterocycles. The number of anilines is 1. The van der Waals surface area contributed by atoms with E-state index >= 15 is 0 Å². The Morgan fingerprint density at radius 1 is 1.09 bits per heavy atom. The standard InChI is InChI=1S/C17H14N2O3S/c20-16-9-13(11-6-7-14-15(8-11)22-10-21-14)18-17(23)19(16)12-4-2-1-3-5-12/h1-8,13H,9-10H2,(H,18,23). The molecule has 1 saturated heterocycles. The molecule has 2 aromatic carbocycles. The monoisotopic (exact) mass is 326 g/mol. The molecule has 1 fully saturated rings. The zero-order valence-corrected chi connectivity index (χ0v) is 13.0. The molecule has 2 aliphatic rings. The van der Waals surface area contributed by atoms with Gasteiger partial charge in [-0.25, -0.2) is 0 Å². The lowest BCUT2D eigenvalue weighted by Gasteiger charge is -2.34.